The highest BCUT2D eigenvalue weighted by atomic mass is 35.5. The number of benzene rings is 1. The molecule has 126 valence electrons. The van der Waals surface area contributed by atoms with E-state index >= 15 is 0 Å². The highest BCUT2D eigenvalue weighted by Crippen LogP contribution is 2.30. The zero-order valence-electron chi connectivity index (χ0n) is 14.2. The maximum atomic E-state index is 6.26. The van der Waals surface area contributed by atoms with Crippen LogP contribution in [0.5, 0.6) is 0 Å². The lowest BCUT2D eigenvalue weighted by molar-refractivity contribution is 0.315. The SMILES string of the molecule is CCn1ncc(CN(C)Cc2csc(-c3ccccc3Cl)n2)c1C. The van der Waals surface area contributed by atoms with Crippen molar-refractivity contribution in [3.05, 3.63) is 57.8 Å². The monoisotopic (exact) mass is 360 g/mol. The summed E-state index contributed by atoms with van der Waals surface area (Å²) in [5.74, 6) is 0. The third kappa shape index (κ3) is 3.69. The van der Waals surface area contributed by atoms with E-state index in [2.05, 4.69) is 36.3 Å². The van der Waals surface area contributed by atoms with Gasteiger partial charge in [-0.05, 0) is 27.0 Å². The Bertz CT molecular complexity index is 824. The van der Waals surface area contributed by atoms with E-state index in [4.69, 9.17) is 16.6 Å². The second-order valence-corrected chi connectivity index (χ2v) is 7.13. The molecule has 3 aromatic rings. The summed E-state index contributed by atoms with van der Waals surface area (Å²) in [4.78, 5) is 7.00. The van der Waals surface area contributed by atoms with Crippen LogP contribution in [-0.2, 0) is 19.6 Å². The lowest BCUT2D eigenvalue weighted by atomic mass is 10.2. The largest absolute Gasteiger partial charge is 0.296 e. The van der Waals surface area contributed by atoms with Crippen molar-refractivity contribution in [3.63, 3.8) is 0 Å². The maximum absolute atomic E-state index is 6.26. The summed E-state index contributed by atoms with van der Waals surface area (Å²) in [5, 5.41) is 8.23. The normalized spacial score (nSPS) is 11.4. The minimum absolute atomic E-state index is 0.745. The average molecular weight is 361 g/mol. The molecular weight excluding hydrogens is 340 g/mol. The number of hydrogen-bond acceptors (Lipinski definition) is 4. The zero-order chi connectivity index (χ0) is 17.1. The molecule has 3 rings (SSSR count). The van der Waals surface area contributed by atoms with Crippen LogP contribution in [0.3, 0.4) is 0 Å². The van der Waals surface area contributed by atoms with Crippen LogP contribution >= 0.6 is 22.9 Å². The van der Waals surface area contributed by atoms with Crippen molar-refractivity contribution in [1.29, 1.82) is 0 Å². The molecule has 0 spiro atoms. The molecule has 0 fully saturated rings. The molecule has 0 atom stereocenters. The molecule has 0 radical (unpaired) electrons. The Morgan fingerprint density at radius 1 is 1.25 bits per heavy atom. The maximum Gasteiger partial charge on any atom is 0.125 e. The second-order valence-electron chi connectivity index (χ2n) is 5.87. The Labute approximate surface area is 151 Å². The summed E-state index contributed by atoms with van der Waals surface area (Å²) >= 11 is 7.90. The molecule has 0 unspecified atom stereocenters. The van der Waals surface area contributed by atoms with Crippen LogP contribution in [0.2, 0.25) is 5.02 Å². The summed E-state index contributed by atoms with van der Waals surface area (Å²) < 4.78 is 2.03. The molecule has 0 aliphatic rings. The van der Waals surface area contributed by atoms with Crippen LogP contribution in [0, 0.1) is 6.92 Å². The Kier molecular flexibility index (Phi) is 5.33. The molecule has 0 N–H and O–H groups in total. The molecule has 2 aromatic heterocycles. The van der Waals surface area contributed by atoms with Gasteiger partial charge >= 0.3 is 0 Å². The number of aromatic nitrogens is 3. The standard InChI is InChI=1S/C18H21ClN4S/c1-4-23-13(2)14(9-20-23)10-22(3)11-15-12-24-18(21-15)16-7-5-6-8-17(16)19/h5-9,12H,4,10-11H2,1-3H3. The summed E-state index contributed by atoms with van der Waals surface area (Å²) in [7, 11) is 2.11. The van der Waals surface area contributed by atoms with Gasteiger partial charge in [0, 0.05) is 41.8 Å². The molecule has 0 aliphatic heterocycles. The van der Waals surface area contributed by atoms with Crippen LogP contribution in [0.25, 0.3) is 10.6 Å². The van der Waals surface area contributed by atoms with Gasteiger partial charge in [-0.15, -0.1) is 11.3 Å². The average Bonchev–Trinajstić information content (AvgIpc) is 3.15. The Morgan fingerprint density at radius 2 is 2.04 bits per heavy atom. The molecule has 0 amide bonds. The number of halogens is 1. The van der Waals surface area contributed by atoms with Crippen molar-refractivity contribution < 1.29 is 0 Å². The first-order valence-electron chi connectivity index (χ1n) is 7.97. The van der Waals surface area contributed by atoms with Crippen LogP contribution in [0.15, 0.2) is 35.8 Å². The van der Waals surface area contributed by atoms with Crippen molar-refractivity contribution >= 4 is 22.9 Å². The van der Waals surface area contributed by atoms with E-state index in [1.165, 1.54) is 11.3 Å². The summed E-state index contributed by atoms with van der Waals surface area (Å²) in [6, 6.07) is 7.84. The van der Waals surface area contributed by atoms with E-state index in [1.807, 2.05) is 35.1 Å². The number of thiazole rings is 1. The number of nitrogens with zero attached hydrogens (tertiary/aromatic N) is 4. The molecule has 6 heteroatoms. The lowest BCUT2D eigenvalue weighted by Gasteiger charge is -2.15. The van der Waals surface area contributed by atoms with Crippen LogP contribution in [0.1, 0.15) is 23.9 Å². The molecule has 4 nitrogen and oxygen atoms in total. The third-order valence-corrected chi connectivity index (χ3v) is 5.29. The van der Waals surface area contributed by atoms with Gasteiger partial charge in [-0.2, -0.15) is 5.10 Å². The van der Waals surface area contributed by atoms with Gasteiger partial charge in [-0.1, -0.05) is 29.8 Å². The molecule has 24 heavy (non-hydrogen) atoms. The minimum Gasteiger partial charge on any atom is -0.296 e. The minimum atomic E-state index is 0.745. The summed E-state index contributed by atoms with van der Waals surface area (Å²) in [5.41, 5.74) is 4.57. The van der Waals surface area contributed by atoms with Gasteiger partial charge in [0.05, 0.1) is 16.9 Å². The van der Waals surface area contributed by atoms with Crippen LogP contribution < -0.4 is 0 Å². The van der Waals surface area contributed by atoms with Gasteiger partial charge in [-0.25, -0.2) is 4.98 Å². The van der Waals surface area contributed by atoms with Crippen LogP contribution in [0.4, 0.5) is 0 Å². The number of rotatable bonds is 6. The fraction of sp³-hybridized carbons (Fsp3) is 0.333. The van der Waals surface area contributed by atoms with Crippen molar-refractivity contribution in [3.8, 4) is 10.6 Å². The highest BCUT2D eigenvalue weighted by Gasteiger charge is 2.12. The molecule has 1 aromatic carbocycles. The van der Waals surface area contributed by atoms with E-state index < -0.39 is 0 Å². The van der Waals surface area contributed by atoms with E-state index in [9.17, 15) is 0 Å². The molecule has 2 heterocycles. The zero-order valence-corrected chi connectivity index (χ0v) is 15.7. The molecule has 0 saturated heterocycles. The molecule has 0 bridgehead atoms. The van der Waals surface area contributed by atoms with Gasteiger partial charge in [0.2, 0.25) is 0 Å². The molecule has 0 aliphatic carbocycles. The van der Waals surface area contributed by atoms with E-state index in [0.717, 1.165) is 40.9 Å². The summed E-state index contributed by atoms with van der Waals surface area (Å²) in [6.07, 6.45) is 1.96. The van der Waals surface area contributed by atoms with Crippen molar-refractivity contribution in [2.24, 2.45) is 0 Å². The predicted octanol–water partition coefficient (Wildman–Crippen LogP) is 4.62. The van der Waals surface area contributed by atoms with Crippen molar-refractivity contribution in [2.75, 3.05) is 7.05 Å². The smallest absolute Gasteiger partial charge is 0.125 e. The van der Waals surface area contributed by atoms with Gasteiger partial charge in [-0.3, -0.25) is 9.58 Å². The Hall–Kier alpha value is -1.69. The first kappa shape index (κ1) is 17.1. The quantitative estimate of drug-likeness (QED) is 0.643. The Balaban J connectivity index is 1.68. The van der Waals surface area contributed by atoms with E-state index in [-0.39, 0.29) is 0 Å². The first-order valence-corrected chi connectivity index (χ1v) is 9.23. The first-order chi connectivity index (χ1) is 11.6. The fourth-order valence-electron chi connectivity index (χ4n) is 2.72. The fourth-order valence-corrected chi connectivity index (χ4v) is 3.85. The molecule has 0 saturated carbocycles. The molecular formula is C18H21ClN4S. The van der Waals surface area contributed by atoms with Crippen molar-refractivity contribution in [2.45, 2.75) is 33.5 Å². The van der Waals surface area contributed by atoms with Gasteiger partial charge in [0.25, 0.3) is 0 Å². The topological polar surface area (TPSA) is 34.0 Å². The van der Waals surface area contributed by atoms with Crippen molar-refractivity contribution in [1.82, 2.24) is 19.7 Å². The van der Waals surface area contributed by atoms with Gasteiger partial charge in [0.15, 0.2) is 0 Å². The van der Waals surface area contributed by atoms with E-state index in [1.54, 1.807) is 11.3 Å². The Morgan fingerprint density at radius 3 is 2.75 bits per heavy atom. The van der Waals surface area contributed by atoms with Gasteiger partial charge < -0.3 is 0 Å². The number of aryl methyl sites for hydroxylation is 1. The van der Waals surface area contributed by atoms with Gasteiger partial charge in [0.1, 0.15) is 5.01 Å². The van der Waals surface area contributed by atoms with Crippen LogP contribution in [-0.4, -0.2) is 26.7 Å². The number of hydrogen-bond donors (Lipinski definition) is 0. The van der Waals surface area contributed by atoms with E-state index in [0.29, 0.717) is 0 Å². The highest BCUT2D eigenvalue weighted by molar-refractivity contribution is 7.13. The lowest BCUT2D eigenvalue weighted by Crippen LogP contribution is -2.18. The second kappa shape index (κ2) is 7.47. The predicted molar refractivity (Wildman–Crippen MR) is 100 cm³/mol. The third-order valence-electron chi connectivity index (χ3n) is 4.03. The summed E-state index contributed by atoms with van der Waals surface area (Å²) in [6.45, 7) is 6.81.